The van der Waals surface area contributed by atoms with Crippen molar-refractivity contribution < 1.29 is 0 Å². The second-order valence-corrected chi connectivity index (χ2v) is 4.80. The van der Waals surface area contributed by atoms with Crippen molar-refractivity contribution in [2.45, 2.75) is 13.5 Å². The van der Waals surface area contributed by atoms with Gasteiger partial charge in [-0.2, -0.15) is 0 Å². The number of para-hydroxylation sites is 2. The van der Waals surface area contributed by atoms with E-state index in [2.05, 4.69) is 27.5 Å². The van der Waals surface area contributed by atoms with Crippen molar-refractivity contribution in [2.24, 2.45) is 0 Å². The predicted molar refractivity (Wildman–Crippen MR) is 70.9 cm³/mol. The van der Waals surface area contributed by atoms with Crippen LogP contribution in [0, 0.1) is 0 Å². The molecule has 0 aliphatic heterocycles. The van der Waals surface area contributed by atoms with Gasteiger partial charge in [-0.3, -0.25) is 0 Å². The maximum absolute atomic E-state index is 5.72. The molecule has 2 heterocycles. The Hall–Kier alpha value is -1.88. The summed E-state index contributed by atoms with van der Waals surface area (Å²) < 4.78 is 2.16. The Morgan fingerprint density at radius 3 is 2.88 bits per heavy atom. The van der Waals surface area contributed by atoms with Crippen LogP contribution in [0.15, 0.2) is 30.5 Å². The molecular formula is C12H12N4S. The van der Waals surface area contributed by atoms with Gasteiger partial charge in [-0.15, -0.1) is 0 Å². The molecule has 17 heavy (non-hydrogen) atoms. The molecule has 0 spiro atoms. The van der Waals surface area contributed by atoms with Gasteiger partial charge >= 0.3 is 0 Å². The van der Waals surface area contributed by atoms with Gasteiger partial charge in [0.2, 0.25) is 0 Å². The van der Waals surface area contributed by atoms with Crippen LogP contribution in [0.25, 0.3) is 21.9 Å². The Morgan fingerprint density at radius 1 is 1.35 bits per heavy atom. The lowest BCUT2D eigenvalue weighted by Gasteiger charge is -2.02. The number of rotatable bonds is 2. The van der Waals surface area contributed by atoms with Gasteiger partial charge in [-0.05, 0) is 19.1 Å². The number of nitrogen functional groups attached to an aromatic ring is 1. The standard InChI is InChI=1S/C12H12N4S/c1-2-16-9-6-4-3-5-8(9)15-11(16)12-14-7-10(13)17-12/h3-7H,2,13H2,1H3. The molecule has 1 aromatic carbocycles. The molecule has 4 nitrogen and oxygen atoms in total. The molecule has 0 fully saturated rings. The summed E-state index contributed by atoms with van der Waals surface area (Å²) in [6.07, 6.45) is 1.68. The minimum Gasteiger partial charge on any atom is -0.389 e. The number of hydrogen-bond donors (Lipinski definition) is 1. The van der Waals surface area contributed by atoms with Gasteiger partial charge in [-0.1, -0.05) is 23.5 Å². The number of fused-ring (bicyclic) bond motifs is 1. The van der Waals surface area contributed by atoms with E-state index in [1.165, 1.54) is 11.3 Å². The van der Waals surface area contributed by atoms with Crippen molar-refractivity contribution in [2.75, 3.05) is 5.73 Å². The first kappa shape index (κ1) is 10.3. The molecule has 5 heteroatoms. The van der Waals surface area contributed by atoms with E-state index in [-0.39, 0.29) is 0 Å². The lowest BCUT2D eigenvalue weighted by molar-refractivity contribution is 0.795. The van der Waals surface area contributed by atoms with Gasteiger partial charge in [0, 0.05) is 6.54 Å². The molecule has 3 aromatic rings. The molecule has 3 rings (SSSR count). The maximum atomic E-state index is 5.72. The van der Waals surface area contributed by atoms with Crippen LogP contribution < -0.4 is 5.73 Å². The summed E-state index contributed by atoms with van der Waals surface area (Å²) in [5, 5.41) is 1.59. The van der Waals surface area contributed by atoms with E-state index in [0.717, 1.165) is 33.4 Å². The van der Waals surface area contributed by atoms with E-state index in [9.17, 15) is 0 Å². The third-order valence-electron chi connectivity index (χ3n) is 2.69. The van der Waals surface area contributed by atoms with Crippen molar-refractivity contribution >= 4 is 27.4 Å². The fourth-order valence-corrected chi connectivity index (χ4v) is 2.63. The second-order valence-electron chi connectivity index (χ2n) is 3.74. The average molecular weight is 244 g/mol. The SMILES string of the molecule is CCn1c(-c2ncc(N)s2)nc2ccccc21. The smallest absolute Gasteiger partial charge is 0.170 e. The number of aryl methyl sites for hydroxylation is 1. The first-order valence-electron chi connectivity index (χ1n) is 5.46. The van der Waals surface area contributed by atoms with Crippen molar-refractivity contribution in [1.29, 1.82) is 0 Å². The van der Waals surface area contributed by atoms with E-state index >= 15 is 0 Å². The Labute approximate surface area is 103 Å². The van der Waals surface area contributed by atoms with E-state index in [1.807, 2.05) is 18.2 Å². The summed E-state index contributed by atoms with van der Waals surface area (Å²) in [5.74, 6) is 0.899. The maximum Gasteiger partial charge on any atom is 0.170 e. The Kier molecular flexibility index (Phi) is 2.33. The van der Waals surface area contributed by atoms with Gasteiger partial charge in [0.15, 0.2) is 10.8 Å². The van der Waals surface area contributed by atoms with Crippen molar-refractivity contribution in [1.82, 2.24) is 14.5 Å². The lowest BCUT2D eigenvalue weighted by Crippen LogP contribution is -1.96. The molecule has 0 aliphatic rings. The first-order valence-corrected chi connectivity index (χ1v) is 6.28. The highest BCUT2D eigenvalue weighted by Gasteiger charge is 2.13. The Bertz CT molecular complexity index is 668. The molecule has 2 aromatic heterocycles. The van der Waals surface area contributed by atoms with Gasteiger partial charge in [0.05, 0.1) is 17.2 Å². The van der Waals surface area contributed by atoms with Crippen LogP contribution in [0.5, 0.6) is 0 Å². The minimum atomic E-state index is 0.717. The van der Waals surface area contributed by atoms with Gasteiger partial charge in [0.25, 0.3) is 0 Å². The summed E-state index contributed by atoms with van der Waals surface area (Å²) in [5.41, 5.74) is 7.86. The van der Waals surface area contributed by atoms with Crippen molar-refractivity contribution in [3.8, 4) is 10.8 Å². The largest absolute Gasteiger partial charge is 0.389 e. The molecule has 0 aliphatic carbocycles. The van der Waals surface area contributed by atoms with Crippen LogP contribution in [0.2, 0.25) is 0 Å². The topological polar surface area (TPSA) is 56.7 Å². The fraction of sp³-hybridized carbons (Fsp3) is 0.167. The average Bonchev–Trinajstić information content (AvgIpc) is 2.91. The molecule has 2 N–H and O–H groups in total. The van der Waals surface area contributed by atoms with Crippen LogP contribution in [-0.2, 0) is 6.54 Å². The summed E-state index contributed by atoms with van der Waals surface area (Å²) >= 11 is 1.47. The number of thiazole rings is 1. The lowest BCUT2D eigenvalue weighted by atomic mass is 10.3. The molecule has 0 amide bonds. The van der Waals surface area contributed by atoms with E-state index in [1.54, 1.807) is 6.20 Å². The Morgan fingerprint density at radius 2 is 2.18 bits per heavy atom. The van der Waals surface area contributed by atoms with Crippen LogP contribution in [-0.4, -0.2) is 14.5 Å². The molecule has 0 saturated heterocycles. The number of nitrogens with two attached hydrogens (primary N) is 1. The number of aromatic nitrogens is 3. The highest BCUT2D eigenvalue weighted by atomic mass is 32.1. The van der Waals surface area contributed by atoms with E-state index < -0.39 is 0 Å². The zero-order chi connectivity index (χ0) is 11.8. The fourth-order valence-electron chi connectivity index (χ4n) is 1.95. The van der Waals surface area contributed by atoms with Crippen molar-refractivity contribution in [3.63, 3.8) is 0 Å². The van der Waals surface area contributed by atoms with E-state index in [4.69, 9.17) is 5.73 Å². The zero-order valence-electron chi connectivity index (χ0n) is 9.42. The summed E-state index contributed by atoms with van der Waals surface area (Å²) in [6, 6.07) is 8.11. The molecule has 0 bridgehead atoms. The number of benzene rings is 1. The summed E-state index contributed by atoms with van der Waals surface area (Å²) in [7, 11) is 0. The van der Waals surface area contributed by atoms with Crippen molar-refractivity contribution in [3.05, 3.63) is 30.5 Å². The molecule has 0 atom stereocenters. The number of imidazole rings is 1. The molecular weight excluding hydrogens is 232 g/mol. The molecule has 86 valence electrons. The second kappa shape index (κ2) is 3.85. The quantitative estimate of drug-likeness (QED) is 0.754. The van der Waals surface area contributed by atoms with Crippen LogP contribution in [0.4, 0.5) is 5.00 Å². The zero-order valence-corrected chi connectivity index (χ0v) is 10.2. The monoisotopic (exact) mass is 244 g/mol. The molecule has 0 saturated carbocycles. The predicted octanol–water partition coefficient (Wildman–Crippen LogP) is 2.76. The van der Waals surface area contributed by atoms with E-state index in [0.29, 0.717) is 0 Å². The highest BCUT2D eigenvalue weighted by Crippen LogP contribution is 2.28. The minimum absolute atomic E-state index is 0.717. The third kappa shape index (κ3) is 1.59. The van der Waals surface area contributed by atoms with Gasteiger partial charge < -0.3 is 10.3 Å². The van der Waals surface area contributed by atoms with Gasteiger partial charge in [0.1, 0.15) is 5.00 Å². The number of hydrogen-bond acceptors (Lipinski definition) is 4. The normalized spacial score (nSPS) is 11.1. The Balaban J connectivity index is 2.29. The first-order chi connectivity index (χ1) is 8.29. The number of nitrogens with zero attached hydrogens (tertiary/aromatic N) is 3. The summed E-state index contributed by atoms with van der Waals surface area (Å²) in [4.78, 5) is 8.92. The van der Waals surface area contributed by atoms with Crippen LogP contribution in [0.3, 0.4) is 0 Å². The summed E-state index contributed by atoms with van der Waals surface area (Å²) in [6.45, 7) is 2.98. The van der Waals surface area contributed by atoms with Crippen LogP contribution in [0.1, 0.15) is 6.92 Å². The molecule has 0 unspecified atom stereocenters. The molecule has 0 radical (unpaired) electrons. The van der Waals surface area contributed by atoms with Crippen LogP contribution >= 0.6 is 11.3 Å². The third-order valence-corrected chi connectivity index (χ3v) is 3.51. The number of anilines is 1. The highest BCUT2D eigenvalue weighted by molar-refractivity contribution is 7.18. The van der Waals surface area contributed by atoms with Gasteiger partial charge in [-0.25, -0.2) is 9.97 Å².